The number of carbonyl (C=O) groups excluding carboxylic acids is 1. The van der Waals surface area contributed by atoms with Gasteiger partial charge in [-0.15, -0.1) is 10.2 Å². The van der Waals surface area contributed by atoms with Crippen molar-refractivity contribution >= 4 is 28.4 Å². The number of para-hydroxylation sites is 1. The molecule has 0 bridgehead atoms. The molecule has 6 rings (SSSR count). The van der Waals surface area contributed by atoms with Gasteiger partial charge in [0.25, 0.3) is 5.91 Å². The van der Waals surface area contributed by atoms with Crippen LogP contribution in [0.25, 0.3) is 27.9 Å². The molecule has 3 aromatic carbocycles. The molecule has 0 spiro atoms. The highest BCUT2D eigenvalue weighted by molar-refractivity contribution is 5.96. The number of benzene rings is 3. The van der Waals surface area contributed by atoms with Crippen LogP contribution in [0, 0.1) is 6.92 Å². The van der Waals surface area contributed by atoms with E-state index in [9.17, 15) is 4.79 Å². The minimum absolute atomic E-state index is 0.0814. The van der Waals surface area contributed by atoms with E-state index >= 15 is 0 Å². The second-order valence-corrected chi connectivity index (χ2v) is 9.29. The molecule has 0 saturated carbocycles. The van der Waals surface area contributed by atoms with Crippen LogP contribution in [0.5, 0.6) is 5.75 Å². The van der Waals surface area contributed by atoms with Crippen LogP contribution in [-0.2, 0) is 0 Å². The number of ether oxygens (including phenoxy) is 1. The van der Waals surface area contributed by atoms with Crippen molar-refractivity contribution in [3.63, 3.8) is 0 Å². The summed E-state index contributed by atoms with van der Waals surface area (Å²) in [6, 6.07) is 23.6. The molecule has 8 nitrogen and oxygen atoms in total. The molecule has 0 aliphatic carbocycles. The zero-order valence-corrected chi connectivity index (χ0v) is 21.0. The van der Waals surface area contributed by atoms with E-state index in [4.69, 9.17) is 9.72 Å². The highest BCUT2D eigenvalue weighted by Crippen LogP contribution is 2.30. The monoisotopic (exact) mass is 492 g/mol. The van der Waals surface area contributed by atoms with E-state index in [1.165, 1.54) is 0 Å². The van der Waals surface area contributed by atoms with Crippen LogP contribution in [0.2, 0.25) is 0 Å². The molecule has 0 N–H and O–H groups in total. The van der Waals surface area contributed by atoms with E-state index in [1.54, 1.807) is 7.11 Å². The number of anilines is 1. The molecule has 8 heteroatoms. The Morgan fingerprint density at radius 1 is 0.892 bits per heavy atom. The van der Waals surface area contributed by atoms with Crippen molar-refractivity contribution in [1.82, 2.24) is 24.5 Å². The SMILES string of the molecule is COc1cccc(-c2nnc3c4ccccc4nc(N4CCCN(C(=O)c5ccccc5C)CC4)n23)c1. The summed E-state index contributed by atoms with van der Waals surface area (Å²) < 4.78 is 7.49. The van der Waals surface area contributed by atoms with Crippen LogP contribution in [0.4, 0.5) is 5.95 Å². The summed E-state index contributed by atoms with van der Waals surface area (Å²) in [5.41, 5.74) is 4.29. The Morgan fingerprint density at radius 2 is 1.73 bits per heavy atom. The minimum Gasteiger partial charge on any atom is -0.497 e. The van der Waals surface area contributed by atoms with Gasteiger partial charge in [-0.05, 0) is 49.2 Å². The summed E-state index contributed by atoms with van der Waals surface area (Å²) in [5.74, 6) is 2.32. The van der Waals surface area contributed by atoms with Gasteiger partial charge in [0, 0.05) is 42.7 Å². The number of methoxy groups -OCH3 is 1. The number of fused-ring (bicyclic) bond motifs is 3. The number of rotatable bonds is 4. The number of aromatic nitrogens is 4. The summed E-state index contributed by atoms with van der Waals surface area (Å²) >= 11 is 0. The van der Waals surface area contributed by atoms with Crippen LogP contribution in [0.1, 0.15) is 22.3 Å². The lowest BCUT2D eigenvalue weighted by Crippen LogP contribution is -2.36. The smallest absolute Gasteiger partial charge is 0.254 e. The maximum atomic E-state index is 13.3. The largest absolute Gasteiger partial charge is 0.497 e. The van der Waals surface area contributed by atoms with E-state index in [0.29, 0.717) is 25.5 Å². The maximum absolute atomic E-state index is 13.3. The zero-order valence-electron chi connectivity index (χ0n) is 21.0. The average Bonchev–Trinajstić information content (AvgIpc) is 3.24. The fraction of sp³-hybridized carbons (Fsp3) is 0.241. The molecule has 1 amide bonds. The van der Waals surface area contributed by atoms with Crippen LogP contribution >= 0.6 is 0 Å². The number of carbonyl (C=O) groups is 1. The maximum Gasteiger partial charge on any atom is 0.254 e. The first kappa shape index (κ1) is 23.0. The van der Waals surface area contributed by atoms with Crippen LogP contribution in [0.3, 0.4) is 0 Å². The molecule has 37 heavy (non-hydrogen) atoms. The molecule has 1 saturated heterocycles. The van der Waals surface area contributed by atoms with Gasteiger partial charge >= 0.3 is 0 Å². The predicted molar refractivity (Wildman–Crippen MR) is 144 cm³/mol. The molecular formula is C29H28N6O2. The Labute approximate surface area is 215 Å². The van der Waals surface area contributed by atoms with Crippen LogP contribution in [0.15, 0.2) is 72.8 Å². The van der Waals surface area contributed by atoms with Crippen molar-refractivity contribution in [2.75, 3.05) is 38.2 Å². The molecule has 186 valence electrons. The first-order valence-corrected chi connectivity index (χ1v) is 12.5. The number of aryl methyl sites for hydroxylation is 1. The third-order valence-electron chi connectivity index (χ3n) is 7.00. The summed E-state index contributed by atoms with van der Waals surface area (Å²) in [6.07, 6.45) is 0.838. The fourth-order valence-electron chi connectivity index (χ4n) is 5.03. The third-order valence-corrected chi connectivity index (χ3v) is 7.00. The van der Waals surface area contributed by atoms with Crippen molar-refractivity contribution in [2.24, 2.45) is 0 Å². The average molecular weight is 493 g/mol. The van der Waals surface area contributed by atoms with Gasteiger partial charge in [-0.2, -0.15) is 0 Å². The number of amides is 1. The first-order valence-electron chi connectivity index (χ1n) is 12.5. The van der Waals surface area contributed by atoms with Crippen molar-refractivity contribution in [3.8, 4) is 17.1 Å². The van der Waals surface area contributed by atoms with Gasteiger partial charge in [-0.25, -0.2) is 9.38 Å². The highest BCUT2D eigenvalue weighted by atomic mass is 16.5. The molecule has 1 fully saturated rings. The number of hydrogen-bond donors (Lipinski definition) is 0. The van der Waals surface area contributed by atoms with E-state index in [0.717, 1.165) is 57.9 Å². The second-order valence-electron chi connectivity index (χ2n) is 9.29. The molecule has 5 aromatic rings. The standard InChI is InChI=1S/C29H28N6O2/c1-20-9-3-4-12-23(20)28(36)33-15-8-16-34(18-17-33)29-30-25-14-6-5-13-24(25)27-32-31-26(35(27)29)21-10-7-11-22(19-21)37-2/h3-7,9-14,19H,8,15-18H2,1-2H3. The molecular weight excluding hydrogens is 464 g/mol. The highest BCUT2D eigenvalue weighted by Gasteiger charge is 2.25. The van der Waals surface area contributed by atoms with Gasteiger partial charge in [0.1, 0.15) is 5.75 Å². The van der Waals surface area contributed by atoms with E-state index < -0.39 is 0 Å². The molecule has 3 heterocycles. The Hall–Kier alpha value is -4.46. The summed E-state index contributed by atoms with van der Waals surface area (Å²) in [4.78, 5) is 22.6. The number of nitrogens with zero attached hydrogens (tertiary/aromatic N) is 6. The second kappa shape index (κ2) is 9.54. The molecule has 0 radical (unpaired) electrons. The van der Waals surface area contributed by atoms with Crippen molar-refractivity contribution < 1.29 is 9.53 Å². The lowest BCUT2D eigenvalue weighted by Gasteiger charge is -2.24. The lowest BCUT2D eigenvalue weighted by atomic mass is 10.1. The molecule has 0 unspecified atom stereocenters. The Bertz CT molecular complexity index is 1610. The minimum atomic E-state index is 0.0814. The zero-order chi connectivity index (χ0) is 25.4. The Kier molecular flexibility index (Phi) is 5.92. The van der Waals surface area contributed by atoms with E-state index in [1.807, 2.05) is 89.0 Å². The first-order chi connectivity index (χ1) is 18.1. The Balaban J connectivity index is 1.41. The molecule has 0 atom stereocenters. The van der Waals surface area contributed by atoms with E-state index in [2.05, 4.69) is 15.1 Å². The van der Waals surface area contributed by atoms with Crippen molar-refractivity contribution in [3.05, 3.63) is 83.9 Å². The van der Waals surface area contributed by atoms with Gasteiger partial charge in [-0.1, -0.05) is 42.5 Å². The predicted octanol–water partition coefficient (Wildman–Crippen LogP) is 4.61. The molecule has 1 aliphatic rings. The fourth-order valence-corrected chi connectivity index (χ4v) is 5.03. The van der Waals surface area contributed by atoms with Gasteiger partial charge in [0.2, 0.25) is 5.95 Å². The molecule has 2 aromatic heterocycles. The summed E-state index contributed by atoms with van der Waals surface area (Å²) in [7, 11) is 1.66. The third kappa shape index (κ3) is 4.14. The number of hydrogen-bond acceptors (Lipinski definition) is 6. The van der Waals surface area contributed by atoms with Crippen molar-refractivity contribution in [2.45, 2.75) is 13.3 Å². The Morgan fingerprint density at radius 3 is 2.59 bits per heavy atom. The normalized spacial score (nSPS) is 14.2. The summed E-state index contributed by atoms with van der Waals surface area (Å²) in [5, 5.41) is 10.1. The van der Waals surface area contributed by atoms with Crippen LogP contribution < -0.4 is 9.64 Å². The van der Waals surface area contributed by atoms with Crippen LogP contribution in [-0.4, -0.2) is 63.7 Å². The van der Waals surface area contributed by atoms with Gasteiger partial charge < -0.3 is 14.5 Å². The van der Waals surface area contributed by atoms with Crippen molar-refractivity contribution in [1.29, 1.82) is 0 Å². The van der Waals surface area contributed by atoms with Gasteiger partial charge in [0.05, 0.1) is 12.6 Å². The topological polar surface area (TPSA) is 75.9 Å². The summed E-state index contributed by atoms with van der Waals surface area (Å²) in [6.45, 7) is 4.73. The lowest BCUT2D eigenvalue weighted by molar-refractivity contribution is 0.0766. The van der Waals surface area contributed by atoms with Gasteiger partial charge in [0.15, 0.2) is 11.5 Å². The molecule has 1 aliphatic heterocycles. The quantitative estimate of drug-likeness (QED) is 0.365. The van der Waals surface area contributed by atoms with Gasteiger partial charge in [-0.3, -0.25) is 4.79 Å². The van der Waals surface area contributed by atoms with E-state index in [-0.39, 0.29) is 5.91 Å².